The highest BCUT2D eigenvalue weighted by Crippen LogP contribution is 2.36. The van der Waals surface area contributed by atoms with Crippen molar-refractivity contribution in [1.29, 1.82) is 0 Å². The molecule has 37 heavy (non-hydrogen) atoms. The second-order valence-corrected chi connectivity index (χ2v) is 11.7. The van der Waals surface area contributed by atoms with Crippen LogP contribution in [0, 0.1) is 5.92 Å². The van der Waals surface area contributed by atoms with Crippen molar-refractivity contribution in [3.8, 4) is 5.88 Å². The summed E-state index contributed by atoms with van der Waals surface area (Å²) < 4.78 is 20.8. The van der Waals surface area contributed by atoms with E-state index in [1.165, 1.54) is 6.42 Å². The minimum Gasteiger partial charge on any atom is -0.477 e. The number of nitrogens with zero attached hydrogens (tertiary/aromatic N) is 5. The summed E-state index contributed by atoms with van der Waals surface area (Å²) in [6.07, 6.45) is 9.05. The molecule has 0 N–H and O–H groups in total. The van der Waals surface area contributed by atoms with Gasteiger partial charge in [-0.1, -0.05) is 38.8 Å². The molecular formula is C27H34ClN5O3S. The molecule has 0 amide bonds. The van der Waals surface area contributed by atoms with Gasteiger partial charge in [0, 0.05) is 40.1 Å². The minimum absolute atomic E-state index is 0.0850. The molecule has 0 radical (unpaired) electrons. The Morgan fingerprint density at radius 3 is 2.62 bits per heavy atom. The topological polar surface area (TPSA) is 91.9 Å². The molecule has 1 atom stereocenters. The van der Waals surface area contributed by atoms with E-state index in [9.17, 15) is 9.00 Å². The molecule has 198 valence electrons. The lowest BCUT2D eigenvalue weighted by Gasteiger charge is -2.11. The Bertz CT molecular complexity index is 1460. The van der Waals surface area contributed by atoms with Gasteiger partial charge in [-0.05, 0) is 49.4 Å². The molecule has 0 aliphatic heterocycles. The molecule has 4 aromatic rings. The van der Waals surface area contributed by atoms with E-state index in [4.69, 9.17) is 16.3 Å². The van der Waals surface area contributed by atoms with Gasteiger partial charge in [-0.25, -0.2) is 9.78 Å². The summed E-state index contributed by atoms with van der Waals surface area (Å²) in [4.78, 5) is 26.7. The van der Waals surface area contributed by atoms with E-state index in [0.717, 1.165) is 35.2 Å². The number of imidazole rings is 1. The summed E-state index contributed by atoms with van der Waals surface area (Å²) in [7, 11) is -0.874. The van der Waals surface area contributed by atoms with Gasteiger partial charge in [-0.2, -0.15) is 4.98 Å². The standard InChI is InChI=1S/C22H22ClN5O3S.C5H12/c1-32(30)10-2-9-31-21-16-6-3-14(23)11-17(16)25-20(26-21)13-27-19-12-24-8-7-18(19)28(22(27)29)15-4-5-15;1-4-5(2)3/h3,6-8,11-12,15H,2,4-5,9-10,13H2,1H3;5H,4H2,1-3H3. The third-order valence-electron chi connectivity index (χ3n) is 6.28. The van der Waals surface area contributed by atoms with Gasteiger partial charge < -0.3 is 4.74 Å². The van der Waals surface area contributed by atoms with Crippen molar-refractivity contribution in [2.24, 2.45) is 5.92 Å². The number of hydrogen-bond donors (Lipinski definition) is 0. The molecule has 5 rings (SSSR count). The molecule has 10 heteroatoms. The van der Waals surface area contributed by atoms with Crippen LogP contribution in [-0.4, -0.2) is 46.9 Å². The van der Waals surface area contributed by atoms with Crippen molar-refractivity contribution in [2.75, 3.05) is 18.6 Å². The second kappa shape index (κ2) is 12.2. The van der Waals surface area contributed by atoms with Crippen molar-refractivity contribution in [3.05, 3.63) is 58.0 Å². The largest absolute Gasteiger partial charge is 0.477 e. The van der Waals surface area contributed by atoms with Gasteiger partial charge in [-0.3, -0.25) is 18.3 Å². The van der Waals surface area contributed by atoms with E-state index in [-0.39, 0.29) is 18.3 Å². The Labute approximate surface area is 224 Å². The highest BCUT2D eigenvalue weighted by molar-refractivity contribution is 7.84. The summed E-state index contributed by atoms with van der Waals surface area (Å²) in [6.45, 7) is 7.22. The lowest BCUT2D eigenvalue weighted by Crippen LogP contribution is -2.25. The highest BCUT2D eigenvalue weighted by atomic mass is 35.5. The molecule has 0 saturated heterocycles. The van der Waals surface area contributed by atoms with Gasteiger partial charge in [0.25, 0.3) is 0 Å². The van der Waals surface area contributed by atoms with E-state index >= 15 is 0 Å². The summed E-state index contributed by atoms with van der Waals surface area (Å²) >= 11 is 6.19. The van der Waals surface area contributed by atoms with Crippen LogP contribution in [0.25, 0.3) is 21.9 Å². The molecule has 3 aromatic heterocycles. The molecule has 1 fully saturated rings. The maximum Gasteiger partial charge on any atom is 0.329 e. The quantitative estimate of drug-likeness (QED) is 0.263. The lowest BCUT2D eigenvalue weighted by atomic mass is 10.2. The maximum atomic E-state index is 13.2. The van der Waals surface area contributed by atoms with E-state index in [1.54, 1.807) is 35.3 Å². The number of hydrogen-bond acceptors (Lipinski definition) is 6. The van der Waals surface area contributed by atoms with Crippen LogP contribution in [0.2, 0.25) is 5.02 Å². The van der Waals surface area contributed by atoms with Crippen molar-refractivity contribution < 1.29 is 8.95 Å². The second-order valence-electron chi connectivity index (χ2n) is 9.72. The van der Waals surface area contributed by atoms with Crippen molar-refractivity contribution in [1.82, 2.24) is 24.1 Å². The minimum atomic E-state index is -0.874. The molecule has 3 heterocycles. The van der Waals surface area contributed by atoms with Crippen LogP contribution in [0.15, 0.2) is 41.5 Å². The zero-order chi connectivity index (χ0) is 26.5. The fourth-order valence-electron chi connectivity index (χ4n) is 3.84. The van der Waals surface area contributed by atoms with Gasteiger partial charge in [0.1, 0.15) is 0 Å². The Kier molecular flexibility index (Phi) is 8.97. The number of aromatic nitrogens is 5. The van der Waals surface area contributed by atoms with Crippen LogP contribution < -0.4 is 10.4 Å². The van der Waals surface area contributed by atoms with E-state index in [2.05, 4.69) is 35.7 Å². The first kappa shape index (κ1) is 27.3. The zero-order valence-electron chi connectivity index (χ0n) is 21.8. The molecule has 1 saturated carbocycles. The van der Waals surface area contributed by atoms with Crippen LogP contribution in [0.3, 0.4) is 0 Å². The van der Waals surface area contributed by atoms with Crippen LogP contribution in [0.4, 0.5) is 0 Å². The number of benzene rings is 1. The first-order valence-corrected chi connectivity index (χ1v) is 14.8. The van der Waals surface area contributed by atoms with Crippen LogP contribution in [0.5, 0.6) is 5.88 Å². The first-order chi connectivity index (χ1) is 17.8. The first-order valence-electron chi connectivity index (χ1n) is 12.7. The van der Waals surface area contributed by atoms with E-state index in [0.29, 0.717) is 41.0 Å². The normalized spacial score (nSPS) is 14.1. The van der Waals surface area contributed by atoms with E-state index in [1.807, 2.05) is 16.7 Å². The van der Waals surface area contributed by atoms with Crippen LogP contribution in [0.1, 0.15) is 58.3 Å². The maximum absolute atomic E-state index is 13.2. The Morgan fingerprint density at radius 1 is 1.19 bits per heavy atom. The predicted octanol–water partition coefficient (Wildman–Crippen LogP) is 5.38. The Balaban J connectivity index is 0.000000586. The smallest absolute Gasteiger partial charge is 0.329 e. The monoisotopic (exact) mass is 543 g/mol. The lowest BCUT2D eigenvalue weighted by molar-refractivity contribution is 0.308. The fraction of sp³-hybridized carbons (Fsp3) is 0.481. The molecule has 1 unspecified atom stereocenters. The van der Waals surface area contributed by atoms with Gasteiger partial charge >= 0.3 is 5.69 Å². The molecule has 0 spiro atoms. The average molecular weight is 544 g/mol. The number of ether oxygens (including phenoxy) is 1. The van der Waals surface area contributed by atoms with Crippen molar-refractivity contribution in [3.63, 3.8) is 0 Å². The van der Waals surface area contributed by atoms with Gasteiger partial charge in [0.15, 0.2) is 5.82 Å². The zero-order valence-corrected chi connectivity index (χ0v) is 23.4. The molecule has 1 aromatic carbocycles. The molecule has 8 nitrogen and oxygen atoms in total. The SMILES string of the molecule is CCC(C)C.CS(=O)CCCOc1nc(Cn2c(=O)n(C3CC3)c3ccncc32)nc2cc(Cl)ccc12. The Hall–Kier alpha value is -2.78. The summed E-state index contributed by atoms with van der Waals surface area (Å²) in [5, 5.41) is 1.30. The number of pyridine rings is 1. The van der Waals surface area contributed by atoms with Gasteiger partial charge in [0.2, 0.25) is 5.88 Å². The average Bonchev–Trinajstić information content (AvgIpc) is 3.66. The van der Waals surface area contributed by atoms with Crippen molar-refractivity contribution in [2.45, 2.75) is 59.0 Å². The fourth-order valence-corrected chi connectivity index (χ4v) is 4.53. The highest BCUT2D eigenvalue weighted by Gasteiger charge is 2.29. The number of rotatable bonds is 9. The van der Waals surface area contributed by atoms with Gasteiger partial charge in [-0.15, -0.1) is 0 Å². The molecule has 1 aliphatic carbocycles. The molecule has 0 bridgehead atoms. The van der Waals surface area contributed by atoms with Crippen LogP contribution >= 0.6 is 11.6 Å². The van der Waals surface area contributed by atoms with Crippen molar-refractivity contribution >= 4 is 44.3 Å². The third-order valence-corrected chi connectivity index (χ3v) is 7.38. The Morgan fingerprint density at radius 2 is 1.95 bits per heavy atom. The summed E-state index contributed by atoms with van der Waals surface area (Å²) in [5.74, 6) is 2.33. The van der Waals surface area contributed by atoms with Gasteiger partial charge in [0.05, 0.1) is 41.3 Å². The summed E-state index contributed by atoms with van der Waals surface area (Å²) in [6, 6.07) is 7.46. The summed E-state index contributed by atoms with van der Waals surface area (Å²) in [5.41, 5.74) is 2.19. The molecule has 1 aliphatic rings. The predicted molar refractivity (Wildman–Crippen MR) is 150 cm³/mol. The van der Waals surface area contributed by atoms with Crippen LogP contribution in [-0.2, 0) is 17.3 Å². The van der Waals surface area contributed by atoms with E-state index < -0.39 is 10.8 Å². The molecular weight excluding hydrogens is 510 g/mol. The third kappa shape index (κ3) is 6.76. The number of fused-ring (bicyclic) bond motifs is 2. The number of halogens is 1.